The molecule has 346 valence electrons. The van der Waals surface area contributed by atoms with E-state index in [0.29, 0.717) is 45.7 Å². The van der Waals surface area contributed by atoms with Crippen molar-refractivity contribution in [3.05, 3.63) is 88.1 Å². The summed E-state index contributed by atoms with van der Waals surface area (Å²) in [5, 5.41) is 6.33. The number of benzene rings is 2. The van der Waals surface area contributed by atoms with Gasteiger partial charge in [0.1, 0.15) is 17.2 Å². The topological polar surface area (TPSA) is 113 Å². The molecule has 2 aromatic carbocycles. The standard InChI is InChI=1S/C31H30ClFN4O3.C16H33NO.C4H10O/c1-16-10-11-19-14-25(35-30(40-6)26(16)19)21-12-13-23(33)27(28(21)32)20-8-7-9-24(17(20)2)34-29(38)22-15-36(4)18(3)37(5)31(22)39;1-7-13(5)11-12-16(9-3,10-4)17-15(18)14(6)8-2;1-3-4-5-2/h7-9,12-16H,3,10-11H2,1-2,4-6H3,(H,34,38);13-14H,7-12H2,1-6H3,(H,17,18);3-4H2,1-2H3. The molecule has 12 heteroatoms. The number of anilines is 1. The molecule has 0 bridgehead atoms. The van der Waals surface area contributed by atoms with Gasteiger partial charge in [0.05, 0.1) is 17.8 Å². The van der Waals surface area contributed by atoms with Gasteiger partial charge in [-0.2, -0.15) is 0 Å². The molecule has 3 unspecified atom stereocenters. The van der Waals surface area contributed by atoms with Crippen LogP contribution in [-0.2, 0) is 25.5 Å². The lowest BCUT2D eigenvalue weighted by atomic mass is 9.84. The third kappa shape index (κ3) is 12.9. The Balaban J connectivity index is 0.000000383. The molecule has 1 aliphatic heterocycles. The number of aryl methyl sites for hydroxylation is 1. The van der Waals surface area contributed by atoms with Crippen molar-refractivity contribution in [3.8, 4) is 28.3 Å². The first-order valence-corrected chi connectivity index (χ1v) is 23.0. The maximum Gasteiger partial charge on any atom is 0.266 e. The van der Waals surface area contributed by atoms with E-state index in [4.69, 9.17) is 26.1 Å². The number of rotatable bonds is 16. The van der Waals surface area contributed by atoms with Crippen molar-refractivity contribution in [1.82, 2.24) is 20.1 Å². The summed E-state index contributed by atoms with van der Waals surface area (Å²) >= 11 is 6.89. The van der Waals surface area contributed by atoms with E-state index in [1.807, 2.05) is 13.0 Å². The molecular formula is C51H73ClFN5O5. The summed E-state index contributed by atoms with van der Waals surface area (Å²) in [6.07, 6.45) is 11.0. The van der Waals surface area contributed by atoms with Gasteiger partial charge < -0.3 is 25.0 Å². The number of halogens is 2. The third-order valence-corrected chi connectivity index (χ3v) is 13.2. The average Bonchev–Trinajstić information content (AvgIpc) is 3.66. The van der Waals surface area contributed by atoms with Gasteiger partial charge in [-0.1, -0.05) is 92.1 Å². The number of nitrogens with zero attached hydrogens (tertiary/aromatic N) is 3. The number of methoxy groups -OCH3 is 2. The summed E-state index contributed by atoms with van der Waals surface area (Å²) in [6.45, 7) is 23.7. The summed E-state index contributed by atoms with van der Waals surface area (Å²) in [6, 6.07) is 10.1. The summed E-state index contributed by atoms with van der Waals surface area (Å²) in [4.78, 5) is 45.6. The average molecular weight is 891 g/mol. The molecule has 1 aliphatic carbocycles. The highest BCUT2D eigenvalue weighted by Crippen LogP contribution is 2.44. The number of amides is 3. The van der Waals surface area contributed by atoms with Gasteiger partial charge in [0.15, 0.2) is 0 Å². The van der Waals surface area contributed by atoms with Gasteiger partial charge >= 0.3 is 0 Å². The highest BCUT2D eigenvalue weighted by atomic mass is 35.5. The van der Waals surface area contributed by atoms with Crippen LogP contribution in [0.3, 0.4) is 0 Å². The molecular weight excluding hydrogens is 817 g/mol. The highest BCUT2D eigenvalue weighted by molar-refractivity contribution is 6.36. The second-order valence-corrected chi connectivity index (χ2v) is 17.4. The van der Waals surface area contributed by atoms with Crippen LogP contribution in [0.25, 0.3) is 22.4 Å². The molecule has 0 radical (unpaired) electrons. The molecule has 2 heterocycles. The SMILES string of the molecule is C=C1N(C)C=C(C(=O)Nc2cccc(-c3c(F)ccc(-c4cc5c(c(OC)n4)C(C)CC5)c3Cl)c2C)C(=O)N1C.CCC(C)CCC(CC)(CC)NC(=O)C(C)CC.CCCOC. The normalized spacial score (nSPS) is 15.6. The molecule has 2 N–H and O–H groups in total. The minimum absolute atomic E-state index is 0.0178. The largest absolute Gasteiger partial charge is 0.481 e. The van der Waals surface area contributed by atoms with Gasteiger partial charge in [-0.25, -0.2) is 9.37 Å². The zero-order chi connectivity index (χ0) is 47.2. The fourth-order valence-electron chi connectivity index (χ4n) is 7.71. The van der Waals surface area contributed by atoms with Gasteiger partial charge in [0, 0.05) is 67.8 Å². The van der Waals surface area contributed by atoms with E-state index in [-0.39, 0.29) is 33.5 Å². The summed E-state index contributed by atoms with van der Waals surface area (Å²) in [5.41, 5.74) is 5.16. The molecule has 3 aromatic rings. The van der Waals surface area contributed by atoms with Crippen LogP contribution in [0.15, 0.2) is 60.6 Å². The Morgan fingerprint density at radius 2 is 1.73 bits per heavy atom. The number of hydrogen-bond acceptors (Lipinski definition) is 7. The Bertz CT molecular complexity index is 2100. The van der Waals surface area contributed by atoms with E-state index < -0.39 is 17.6 Å². The van der Waals surface area contributed by atoms with Crippen LogP contribution in [-0.4, -0.2) is 73.0 Å². The van der Waals surface area contributed by atoms with Crippen LogP contribution in [0.4, 0.5) is 10.1 Å². The Morgan fingerprint density at radius 3 is 2.30 bits per heavy atom. The summed E-state index contributed by atoms with van der Waals surface area (Å²) in [7, 11) is 6.57. The number of carbonyl (C=O) groups excluding carboxylic acids is 3. The lowest BCUT2D eigenvalue weighted by molar-refractivity contribution is -0.129. The number of likely N-dealkylation sites (N-methyl/N-ethyl adjacent to an activating group) is 1. The van der Waals surface area contributed by atoms with E-state index in [2.05, 4.69) is 65.7 Å². The van der Waals surface area contributed by atoms with Crippen LogP contribution in [0.5, 0.6) is 5.88 Å². The van der Waals surface area contributed by atoms with Crippen LogP contribution < -0.4 is 15.4 Å². The molecule has 0 saturated heterocycles. The van der Waals surface area contributed by atoms with Gasteiger partial charge in [-0.3, -0.25) is 19.3 Å². The number of nitrogens with one attached hydrogen (secondary N) is 2. The van der Waals surface area contributed by atoms with Gasteiger partial charge in [-0.05, 0) is 111 Å². The Morgan fingerprint density at radius 1 is 1.05 bits per heavy atom. The van der Waals surface area contributed by atoms with Crippen molar-refractivity contribution < 1.29 is 28.2 Å². The van der Waals surface area contributed by atoms with E-state index in [0.717, 1.165) is 68.6 Å². The Kier molecular flexibility index (Phi) is 20.3. The Labute approximate surface area is 382 Å². The predicted molar refractivity (Wildman–Crippen MR) is 256 cm³/mol. The minimum Gasteiger partial charge on any atom is -0.481 e. The van der Waals surface area contributed by atoms with Gasteiger partial charge in [0.25, 0.3) is 11.8 Å². The molecule has 2 aliphatic rings. The molecule has 63 heavy (non-hydrogen) atoms. The fraction of sp³-hybridized carbons (Fsp3) is 0.529. The maximum absolute atomic E-state index is 15.4. The van der Waals surface area contributed by atoms with Crippen molar-refractivity contribution >= 4 is 35.0 Å². The zero-order valence-corrected chi connectivity index (χ0v) is 40.9. The number of fused-ring (bicyclic) bond motifs is 1. The van der Waals surface area contributed by atoms with Crippen molar-refractivity contribution in [3.63, 3.8) is 0 Å². The quantitative estimate of drug-likeness (QED) is 0.138. The second-order valence-electron chi connectivity index (χ2n) is 17.0. The molecule has 0 fully saturated rings. The second kappa shape index (κ2) is 24.4. The molecule has 3 atom stereocenters. The maximum atomic E-state index is 15.4. The van der Waals surface area contributed by atoms with Gasteiger partial charge in [-0.15, -0.1) is 0 Å². The van der Waals surface area contributed by atoms with Crippen molar-refractivity contribution in [2.24, 2.45) is 11.8 Å². The number of carbonyl (C=O) groups is 3. The van der Waals surface area contributed by atoms with Crippen LogP contribution >= 0.6 is 11.6 Å². The monoisotopic (exact) mass is 890 g/mol. The highest BCUT2D eigenvalue weighted by Gasteiger charge is 2.32. The van der Waals surface area contributed by atoms with E-state index in [1.54, 1.807) is 64.4 Å². The van der Waals surface area contributed by atoms with E-state index in [9.17, 15) is 14.4 Å². The van der Waals surface area contributed by atoms with Crippen molar-refractivity contribution in [2.45, 2.75) is 132 Å². The van der Waals surface area contributed by atoms with E-state index in [1.165, 1.54) is 30.0 Å². The summed E-state index contributed by atoms with van der Waals surface area (Å²) in [5.74, 6) is 0.920. The number of aromatic nitrogens is 1. The Hall–Kier alpha value is -4.74. The molecule has 1 aromatic heterocycles. The smallest absolute Gasteiger partial charge is 0.266 e. The molecule has 5 rings (SSSR count). The minimum atomic E-state index is -0.583. The third-order valence-electron chi connectivity index (χ3n) is 12.8. The fourth-order valence-corrected chi connectivity index (χ4v) is 8.06. The first kappa shape index (κ1) is 52.6. The molecule has 0 spiro atoms. The number of hydrogen-bond donors (Lipinski definition) is 2. The molecule has 10 nitrogen and oxygen atoms in total. The zero-order valence-electron chi connectivity index (χ0n) is 40.2. The van der Waals surface area contributed by atoms with Crippen molar-refractivity contribution in [1.29, 1.82) is 0 Å². The summed E-state index contributed by atoms with van der Waals surface area (Å²) < 4.78 is 25.7. The van der Waals surface area contributed by atoms with Crippen LogP contribution in [0, 0.1) is 24.6 Å². The number of pyridine rings is 1. The van der Waals surface area contributed by atoms with Crippen LogP contribution in [0.2, 0.25) is 5.02 Å². The van der Waals surface area contributed by atoms with Crippen LogP contribution in [0.1, 0.15) is 129 Å². The first-order chi connectivity index (χ1) is 29.9. The van der Waals surface area contributed by atoms with E-state index >= 15 is 4.39 Å². The number of ether oxygens (including phenoxy) is 2. The lowest BCUT2D eigenvalue weighted by Crippen LogP contribution is -2.49. The lowest BCUT2D eigenvalue weighted by Gasteiger charge is -2.35. The van der Waals surface area contributed by atoms with Gasteiger partial charge in [0.2, 0.25) is 11.8 Å². The predicted octanol–water partition coefficient (Wildman–Crippen LogP) is 11.8. The molecule has 3 amide bonds. The first-order valence-electron chi connectivity index (χ1n) is 22.6. The molecule has 0 saturated carbocycles. The van der Waals surface area contributed by atoms with Crippen molar-refractivity contribution in [2.75, 3.05) is 40.2 Å².